The van der Waals surface area contributed by atoms with Crippen molar-refractivity contribution in [3.63, 3.8) is 0 Å². The third-order valence-electron chi connectivity index (χ3n) is 4.55. The summed E-state index contributed by atoms with van der Waals surface area (Å²) in [5.41, 5.74) is 0.992. The van der Waals surface area contributed by atoms with Crippen molar-refractivity contribution in [1.82, 2.24) is 10.6 Å². The van der Waals surface area contributed by atoms with E-state index >= 15 is 0 Å². The van der Waals surface area contributed by atoms with Gasteiger partial charge in [-0.2, -0.15) is 0 Å². The van der Waals surface area contributed by atoms with E-state index in [1.165, 1.54) is 6.42 Å². The van der Waals surface area contributed by atoms with Crippen LogP contribution < -0.4 is 20.1 Å². The summed E-state index contributed by atoms with van der Waals surface area (Å²) in [7, 11) is 3.25. The second-order valence-electron chi connectivity index (χ2n) is 6.44. The van der Waals surface area contributed by atoms with Gasteiger partial charge in [0.2, 0.25) is 5.91 Å². The number of benzene rings is 1. The van der Waals surface area contributed by atoms with Gasteiger partial charge in [0.15, 0.2) is 11.5 Å². The second-order valence-corrected chi connectivity index (χ2v) is 6.44. The standard InChI is InChI=1S/C19H30N2O4.ClH/c1-14(21-19(22)7-4-15-8-9-20-13-15)16-5-6-17(18(12-16)24-3)25-11-10-23-2;/h5-6,12,14-15,20H,4,7-11,13H2,1-3H3,(H,21,22);1H. The summed E-state index contributed by atoms with van der Waals surface area (Å²) in [5, 5.41) is 6.40. The SMILES string of the molecule is COCCOc1ccc(C(C)NC(=O)CCC2CCNC2)cc1OC.Cl. The molecular weight excluding hydrogens is 356 g/mol. The Morgan fingerprint density at radius 2 is 2.12 bits per heavy atom. The Bertz CT molecular complexity index is 550. The Balaban J connectivity index is 0.00000338. The summed E-state index contributed by atoms with van der Waals surface area (Å²) in [6.45, 7) is 5.07. The molecule has 26 heavy (non-hydrogen) atoms. The lowest BCUT2D eigenvalue weighted by atomic mass is 10.0. The van der Waals surface area contributed by atoms with E-state index in [1.54, 1.807) is 14.2 Å². The van der Waals surface area contributed by atoms with Crippen LogP contribution in [0.15, 0.2) is 18.2 Å². The highest BCUT2D eigenvalue weighted by atomic mass is 35.5. The first-order chi connectivity index (χ1) is 12.1. The van der Waals surface area contributed by atoms with Crippen molar-refractivity contribution in [2.75, 3.05) is 40.5 Å². The Kier molecular flexibility index (Phi) is 10.4. The zero-order chi connectivity index (χ0) is 18.1. The number of carbonyl (C=O) groups excluding carboxylic acids is 1. The largest absolute Gasteiger partial charge is 0.493 e. The fraction of sp³-hybridized carbons (Fsp3) is 0.632. The normalized spacial score (nSPS) is 17.3. The number of rotatable bonds is 10. The van der Waals surface area contributed by atoms with E-state index in [9.17, 15) is 4.79 Å². The van der Waals surface area contributed by atoms with Gasteiger partial charge in [0.05, 0.1) is 19.8 Å². The van der Waals surface area contributed by atoms with Crippen molar-refractivity contribution in [1.29, 1.82) is 0 Å². The third-order valence-corrected chi connectivity index (χ3v) is 4.55. The molecule has 0 aliphatic carbocycles. The zero-order valence-corrected chi connectivity index (χ0v) is 16.7. The maximum absolute atomic E-state index is 12.2. The van der Waals surface area contributed by atoms with Gasteiger partial charge < -0.3 is 24.8 Å². The molecule has 1 aromatic rings. The van der Waals surface area contributed by atoms with Crippen LogP contribution in [0.1, 0.15) is 37.8 Å². The fourth-order valence-electron chi connectivity index (χ4n) is 3.00. The van der Waals surface area contributed by atoms with Gasteiger partial charge >= 0.3 is 0 Å². The zero-order valence-electron chi connectivity index (χ0n) is 15.9. The lowest BCUT2D eigenvalue weighted by Crippen LogP contribution is -2.27. The van der Waals surface area contributed by atoms with Gasteiger partial charge in [0, 0.05) is 13.5 Å². The van der Waals surface area contributed by atoms with Gasteiger partial charge in [-0.3, -0.25) is 4.79 Å². The van der Waals surface area contributed by atoms with Crippen LogP contribution in [0.25, 0.3) is 0 Å². The Labute approximate surface area is 162 Å². The minimum absolute atomic E-state index is 0. The van der Waals surface area contributed by atoms with Crippen molar-refractivity contribution in [2.24, 2.45) is 5.92 Å². The monoisotopic (exact) mass is 386 g/mol. The molecule has 2 unspecified atom stereocenters. The molecular formula is C19H31ClN2O4. The Morgan fingerprint density at radius 3 is 2.77 bits per heavy atom. The molecule has 1 amide bonds. The number of hydrogen-bond acceptors (Lipinski definition) is 5. The Morgan fingerprint density at radius 1 is 1.31 bits per heavy atom. The Hall–Kier alpha value is -1.50. The summed E-state index contributed by atoms with van der Waals surface area (Å²) in [6.07, 6.45) is 2.69. The van der Waals surface area contributed by atoms with Gasteiger partial charge in [-0.1, -0.05) is 6.07 Å². The molecule has 0 radical (unpaired) electrons. The van der Waals surface area contributed by atoms with Crippen molar-refractivity contribution >= 4 is 18.3 Å². The molecule has 1 fully saturated rings. The first-order valence-electron chi connectivity index (χ1n) is 8.93. The van der Waals surface area contributed by atoms with E-state index in [1.807, 2.05) is 25.1 Å². The lowest BCUT2D eigenvalue weighted by Gasteiger charge is -2.17. The molecule has 1 aromatic carbocycles. The van der Waals surface area contributed by atoms with Crippen molar-refractivity contribution < 1.29 is 19.0 Å². The molecule has 6 nitrogen and oxygen atoms in total. The van der Waals surface area contributed by atoms with Crippen LogP contribution in [-0.2, 0) is 9.53 Å². The van der Waals surface area contributed by atoms with Crippen LogP contribution >= 0.6 is 12.4 Å². The van der Waals surface area contributed by atoms with Crippen LogP contribution in [-0.4, -0.2) is 46.4 Å². The van der Waals surface area contributed by atoms with E-state index in [0.29, 0.717) is 37.1 Å². The average Bonchev–Trinajstić information content (AvgIpc) is 3.14. The molecule has 2 atom stereocenters. The molecule has 148 valence electrons. The van der Waals surface area contributed by atoms with Crippen molar-refractivity contribution in [3.8, 4) is 11.5 Å². The van der Waals surface area contributed by atoms with Gasteiger partial charge in [0.25, 0.3) is 0 Å². The minimum atomic E-state index is -0.0730. The third kappa shape index (κ3) is 7.02. The van der Waals surface area contributed by atoms with Crippen LogP contribution in [0, 0.1) is 5.92 Å². The van der Waals surface area contributed by atoms with Crippen molar-refractivity contribution in [2.45, 2.75) is 32.2 Å². The molecule has 2 rings (SSSR count). The number of ether oxygens (including phenoxy) is 3. The number of methoxy groups -OCH3 is 2. The van der Waals surface area contributed by atoms with E-state index in [4.69, 9.17) is 14.2 Å². The second kappa shape index (κ2) is 12.0. The van der Waals surface area contributed by atoms with Crippen LogP contribution in [0.3, 0.4) is 0 Å². The van der Waals surface area contributed by atoms with Crippen molar-refractivity contribution in [3.05, 3.63) is 23.8 Å². The molecule has 1 aliphatic heterocycles. The van der Waals surface area contributed by atoms with E-state index in [-0.39, 0.29) is 24.4 Å². The topological polar surface area (TPSA) is 68.8 Å². The molecule has 0 bridgehead atoms. The summed E-state index contributed by atoms with van der Waals surface area (Å²) in [5.74, 6) is 2.06. The van der Waals surface area contributed by atoms with Crippen LogP contribution in [0.5, 0.6) is 11.5 Å². The van der Waals surface area contributed by atoms with E-state index in [0.717, 1.165) is 25.1 Å². The van der Waals surface area contributed by atoms with E-state index < -0.39 is 0 Å². The smallest absolute Gasteiger partial charge is 0.220 e. The molecule has 2 N–H and O–H groups in total. The first kappa shape index (κ1) is 22.5. The van der Waals surface area contributed by atoms with Gasteiger partial charge in [-0.15, -0.1) is 12.4 Å². The summed E-state index contributed by atoms with van der Waals surface area (Å²) in [4.78, 5) is 12.2. The highest BCUT2D eigenvalue weighted by Gasteiger charge is 2.17. The molecule has 1 saturated heterocycles. The average molecular weight is 387 g/mol. The molecule has 1 heterocycles. The predicted octanol–water partition coefficient (Wildman–Crippen LogP) is 2.71. The fourth-order valence-corrected chi connectivity index (χ4v) is 3.00. The molecule has 0 saturated carbocycles. The van der Waals surface area contributed by atoms with Crippen LogP contribution in [0.4, 0.5) is 0 Å². The summed E-state index contributed by atoms with van der Waals surface area (Å²) in [6, 6.07) is 5.66. The van der Waals surface area contributed by atoms with Gasteiger partial charge in [0.1, 0.15) is 6.61 Å². The molecule has 7 heteroatoms. The number of nitrogens with one attached hydrogen (secondary N) is 2. The van der Waals surface area contributed by atoms with E-state index in [2.05, 4.69) is 10.6 Å². The minimum Gasteiger partial charge on any atom is -0.493 e. The predicted molar refractivity (Wildman–Crippen MR) is 104 cm³/mol. The maximum Gasteiger partial charge on any atom is 0.220 e. The number of hydrogen-bond donors (Lipinski definition) is 2. The lowest BCUT2D eigenvalue weighted by molar-refractivity contribution is -0.122. The first-order valence-corrected chi connectivity index (χ1v) is 8.93. The molecule has 0 spiro atoms. The highest BCUT2D eigenvalue weighted by molar-refractivity contribution is 5.85. The van der Waals surface area contributed by atoms with Gasteiger partial charge in [-0.25, -0.2) is 0 Å². The molecule has 1 aliphatic rings. The highest BCUT2D eigenvalue weighted by Crippen LogP contribution is 2.30. The summed E-state index contributed by atoms with van der Waals surface area (Å²) >= 11 is 0. The number of amides is 1. The molecule has 0 aromatic heterocycles. The van der Waals surface area contributed by atoms with Gasteiger partial charge in [-0.05, 0) is 56.5 Å². The van der Waals surface area contributed by atoms with Crippen LogP contribution in [0.2, 0.25) is 0 Å². The number of halogens is 1. The summed E-state index contributed by atoms with van der Waals surface area (Å²) < 4.78 is 16.0. The number of carbonyl (C=O) groups is 1. The maximum atomic E-state index is 12.2. The quantitative estimate of drug-likeness (QED) is 0.605.